The molecule has 1 aromatic carbocycles. The highest BCUT2D eigenvalue weighted by atomic mass is 35.5. The fourth-order valence-corrected chi connectivity index (χ4v) is 2.86. The van der Waals surface area contributed by atoms with E-state index in [0.717, 1.165) is 24.4 Å². The highest BCUT2D eigenvalue weighted by Crippen LogP contribution is 2.25. The van der Waals surface area contributed by atoms with Crippen molar-refractivity contribution in [2.75, 3.05) is 18.5 Å². The highest BCUT2D eigenvalue weighted by molar-refractivity contribution is 6.30. The van der Waals surface area contributed by atoms with Crippen LogP contribution in [0.4, 0.5) is 5.69 Å². The molecule has 0 heterocycles. The molecule has 0 spiro atoms. The smallest absolute Gasteiger partial charge is 0.0945 e. The number of anilines is 1. The molecule has 1 saturated carbocycles. The Bertz CT molecular complexity index is 413. The molecule has 0 amide bonds. The third-order valence-electron chi connectivity index (χ3n) is 3.78. The summed E-state index contributed by atoms with van der Waals surface area (Å²) in [5, 5.41) is 13.8. The monoisotopic (exact) mass is 297 g/mol. The molecule has 0 aliphatic heterocycles. The molecule has 20 heavy (non-hydrogen) atoms. The van der Waals surface area contributed by atoms with Crippen molar-refractivity contribution < 1.29 is 9.84 Å². The van der Waals surface area contributed by atoms with Crippen molar-refractivity contribution in [3.63, 3.8) is 0 Å². The molecule has 3 unspecified atom stereocenters. The van der Waals surface area contributed by atoms with Crippen LogP contribution in [0.3, 0.4) is 0 Å². The summed E-state index contributed by atoms with van der Waals surface area (Å²) < 4.78 is 5.81. The van der Waals surface area contributed by atoms with Crippen molar-refractivity contribution in [2.45, 2.75) is 44.8 Å². The third-order valence-corrected chi connectivity index (χ3v) is 4.01. The van der Waals surface area contributed by atoms with Gasteiger partial charge >= 0.3 is 0 Å². The van der Waals surface area contributed by atoms with Crippen LogP contribution >= 0.6 is 11.6 Å². The van der Waals surface area contributed by atoms with Crippen LogP contribution in [0.25, 0.3) is 0 Å². The lowest BCUT2D eigenvalue weighted by molar-refractivity contribution is -0.0274. The van der Waals surface area contributed by atoms with Crippen molar-refractivity contribution in [1.82, 2.24) is 0 Å². The average molecular weight is 298 g/mol. The summed E-state index contributed by atoms with van der Waals surface area (Å²) in [6, 6.07) is 7.49. The normalized spacial score (nSPS) is 24.4. The number of halogens is 1. The van der Waals surface area contributed by atoms with E-state index in [1.54, 1.807) is 0 Å². The number of aliphatic hydroxyl groups is 1. The first-order valence-electron chi connectivity index (χ1n) is 7.42. The number of aliphatic hydroxyl groups excluding tert-OH is 1. The topological polar surface area (TPSA) is 41.5 Å². The van der Waals surface area contributed by atoms with Crippen LogP contribution in [-0.2, 0) is 4.74 Å². The molecule has 1 aliphatic carbocycles. The lowest BCUT2D eigenvalue weighted by Gasteiger charge is -2.27. The first-order chi connectivity index (χ1) is 9.63. The second-order valence-electron chi connectivity index (χ2n) is 5.77. The average Bonchev–Trinajstić information content (AvgIpc) is 2.43. The number of rotatable bonds is 6. The zero-order chi connectivity index (χ0) is 14.4. The van der Waals surface area contributed by atoms with E-state index in [4.69, 9.17) is 16.3 Å². The Kier molecular flexibility index (Phi) is 6.14. The summed E-state index contributed by atoms with van der Waals surface area (Å²) in [6.45, 7) is 3.14. The highest BCUT2D eigenvalue weighted by Gasteiger charge is 2.20. The molecule has 1 aliphatic rings. The number of nitrogens with one attached hydrogen (secondary N) is 1. The maximum Gasteiger partial charge on any atom is 0.0945 e. The minimum Gasteiger partial charge on any atom is -0.389 e. The maximum absolute atomic E-state index is 9.96. The van der Waals surface area contributed by atoms with Gasteiger partial charge in [-0.15, -0.1) is 0 Å². The molecular formula is C16H24ClNO2. The van der Waals surface area contributed by atoms with Gasteiger partial charge in [0.05, 0.1) is 18.8 Å². The van der Waals surface area contributed by atoms with Crippen molar-refractivity contribution in [3.05, 3.63) is 29.3 Å². The molecule has 0 radical (unpaired) electrons. The number of benzene rings is 1. The van der Waals surface area contributed by atoms with Gasteiger partial charge in [0, 0.05) is 17.3 Å². The van der Waals surface area contributed by atoms with Gasteiger partial charge in [-0.1, -0.05) is 37.4 Å². The van der Waals surface area contributed by atoms with Gasteiger partial charge in [0.15, 0.2) is 0 Å². The second kappa shape index (κ2) is 7.87. The summed E-state index contributed by atoms with van der Waals surface area (Å²) in [7, 11) is 0. The molecule has 0 bridgehead atoms. The SMILES string of the molecule is CC1CCCC(OCC(O)CNc2cccc(Cl)c2)C1. The van der Waals surface area contributed by atoms with Gasteiger partial charge in [0.1, 0.15) is 0 Å². The number of hydrogen-bond acceptors (Lipinski definition) is 3. The molecule has 0 saturated heterocycles. The van der Waals surface area contributed by atoms with Crippen molar-refractivity contribution >= 4 is 17.3 Å². The lowest BCUT2D eigenvalue weighted by Crippen LogP contribution is -2.30. The van der Waals surface area contributed by atoms with E-state index in [9.17, 15) is 5.11 Å². The van der Waals surface area contributed by atoms with Gasteiger partial charge in [-0.3, -0.25) is 0 Å². The van der Waals surface area contributed by atoms with Crippen molar-refractivity contribution in [3.8, 4) is 0 Å². The zero-order valence-electron chi connectivity index (χ0n) is 12.0. The minimum absolute atomic E-state index is 0.319. The predicted octanol–water partition coefficient (Wildman–Crippen LogP) is 3.71. The van der Waals surface area contributed by atoms with Gasteiger partial charge in [0.25, 0.3) is 0 Å². The van der Waals surface area contributed by atoms with Gasteiger partial charge in [-0.05, 0) is 37.0 Å². The Labute approximate surface area is 126 Å². The first-order valence-corrected chi connectivity index (χ1v) is 7.80. The van der Waals surface area contributed by atoms with E-state index in [2.05, 4.69) is 12.2 Å². The van der Waals surface area contributed by atoms with Gasteiger partial charge in [-0.2, -0.15) is 0 Å². The fraction of sp³-hybridized carbons (Fsp3) is 0.625. The molecular weight excluding hydrogens is 274 g/mol. The largest absolute Gasteiger partial charge is 0.389 e. The third kappa shape index (κ3) is 5.31. The van der Waals surface area contributed by atoms with E-state index in [-0.39, 0.29) is 0 Å². The number of hydrogen-bond donors (Lipinski definition) is 2. The van der Waals surface area contributed by atoms with Crippen LogP contribution in [0.1, 0.15) is 32.6 Å². The van der Waals surface area contributed by atoms with Crippen LogP contribution in [0, 0.1) is 5.92 Å². The standard InChI is InChI=1S/C16H24ClNO2/c1-12-4-2-7-16(8-12)20-11-15(19)10-18-14-6-3-5-13(17)9-14/h3,5-6,9,12,15-16,18-19H,2,4,7-8,10-11H2,1H3. The summed E-state index contributed by atoms with van der Waals surface area (Å²) in [4.78, 5) is 0. The van der Waals surface area contributed by atoms with E-state index >= 15 is 0 Å². The predicted molar refractivity (Wildman–Crippen MR) is 83.3 cm³/mol. The molecule has 4 heteroatoms. The van der Waals surface area contributed by atoms with Gasteiger partial charge in [0.2, 0.25) is 0 Å². The van der Waals surface area contributed by atoms with Crippen LogP contribution in [-0.4, -0.2) is 30.5 Å². The second-order valence-corrected chi connectivity index (χ2v) is 6.21. The van der Waals surface area contributed by atoms with Crippen molar-refractivity contribution in [1.29, 1.82) is 0 Å². The Hall–Kier alpha value is -0.770. The maximum atomic E-state index is 9.96. The molecule has 2 rings (SSSR count). The molecule has 112 valence electrons. The fourth-order valence-electron chi connectivity index (χ4n) is 2.67. The Morgan fingerprint density at radius 3 is 3.05 bits per heavy atom. The van der Waals surface area contributed by atoms with Gasteiger partial charge in [-0.25, -0.2) is 0 Å². The quantitative estimate of drug-likeness (QED) is 0.841. The van der Waals surface area contributed by atoms with E-state index in [0.29, 0.717) is 24.3 Å². The first kappa shape index (κ1) is 15.6. The minimum atomic E-state index is -0.494. The lowest BCUT2D eigenvalue weighted by atomic mass is 9.89. The van der Waals surface area contributed by atoms with Crippen LogP contribution < -0.4 is 5.32 Å². The zero-order valence-corrected chi connectivity index (χ0v) is 12.8. The molecule has 3 atom stereocenters. The van der Waals surface area contributed by atoms with Crippen molar-refractivity contribution in [2.24, 2.45) is 5.92 Å². The summed E-state index contributed by atoms with van der Waals surface area (Å²) in [6.07, 6.45) is 4.61. The van der Waals surface area contributed by atoms with E-state index < -0.39 is 6.10 Å². The van der Waals surface area contributed by atoms with E-state index in [1.165, 1.54) is 12.8 Å². The van der Waals surface area contributed by atoms with Crippen LogP contribution in [0.5, 0.6) is 0 Å². The molecule has 3 nitrogen and oxygen atoms in total. The Balaban J connectivity index is 1.66. The molecule has 0 aromatic heterocycles. The van der Waals surface area contributed by atoms with E-state index in [1.807, 2.05) is 24.3 Å². The van der Waals surface area contributed by atoms with Crippen LogP contribution in [0.2, 0.25) is 5.02 Å². The summed E-state index contributed by atoms with van der Waals surface area (Å²) in [5.74, 6) is 0.746. The molecule has 2 N–H and O–H groups in total. The Morgan fingerprint density at radius 1 is 1.45 bits per heavy atom. The molecule has 1 fully saturated rings. The van der Waals surface area contributed by atoms with Crippen LogP contribution in [0.15, 0.2) is 24.3 Å². The summed E-state index contributed by atoms with van der Waals surface area (Å²) >= 11 is 5.91. The molecule has 1 aromatic rings. The summed E-state index contributed by atoms with van der Waals surface area (Å²) in [5.41, 5.74) is 0.919. The Morgan fingerprint density at radius 2 is 2.30 bits per heavy atom. The van der Waals surface area contributed by atoms with Gasteiger partial charge < -0.3 is 15.2 Å². The number of ether oxygens (including phenoxy) is 1.